The molecule has 0 saturated carbocycles. The van der Waals surface area contributed by atoms with Crippen LogP contribution in [0.2, 0.25) is 0 Å². The number of aliphatic hydroxyl groups is 1. The Kier molecular flexibility index (Phi) is 5.32. The van der Waals surface area contributed by atoms with Gasteiger partial charge in [0.25, 0.3) is 0 Å². The maximum Gasteiger partial charge on any atom is 0.336 e. The van der Waals surface area contributed by atoms with E-state index in [1.165, 1.54) is 6.07 Å². The van der Waals surface area contributed by atoms with Crippen molar-refractivity contribution in [3.63, 3.8) is 0 Å². The molecule has 0 heterocycles. The van der Waals surface area contributed by atoms with Gasteiger partial charge in [-0.3, -0.25) is 0 Å². The minimum Gasteiger partial charge on any atom is -0.467 e. The van der Waals surface area contributed by atoms with Crippen molar-refractivity contribution in [2.45, 2.75) is 6.10 Å². The highest BCUT2D eigenvalue weighted by Gasteiger charge is 2.15. The van der Waals surface area contributed by atoms with E-state index in [1.54, 1.807) is 18.2 Å². The van der Waals surface area contributed by atoms with E-state index in [4.69, 9.17) is 5.26 Å². The van der Waals surface area contributed by atoms with Crippen LogP contribution in [0.3, 0.4) is 0 Å². The molecule has 0 aromatic heterocycles. The minimum atomic E-state index is -1.42. The first kappa shape index (κ1) is 14.5. The molecule has 19 heavy (non-hydrogen) atoms. The van der Waals surface area contributed by atoms with Gasteiger partial charge in [-0.2, -0.15) is 5.26 Å². The molecule has 0 radical (unpaired) electrons. The molecule has 0 spiro atoms. The average molecular weight is 263 g/mol. The molecule has 0 aliphatic carbocycles. The smallest absolute Gasteiger partial charge is 0.336 e. The Morgan fingerprint density at radius 2 is 2.26 bits per heavy atom. The van der Waals surface area contributed by atoms with Crippen LogP contribution >= 0.6 is 0 Å². The monoisotopic (exact) mass is 263 g/mol. The molecule has 1 unspecified atom stereocenters. The van der Waals surface area contributed by atoms with Gasteiger partial charge in [-0.05, 0) is 18.2 Å². The number of benzene rings is 1. The standard InChI is InChI=1S/C12H13N3O4/c1-19-11(17)10(16)7-14-12(18)15-9-4-2-3-8(5-9)6-13/h2-5,10,16H,7H2,1H3,(H2,14,15,18). The minimum absolute atomic E-state index is 0.267. The largest absolute Gasteiger partial charge is 0.467 e. The summed E-state index contributed by atoms with van der Waals surface area (Å²) in [7, 11) is 1.14. The van der Waals surface area contributed by atoms with Crippen molar-refractivity contribution >= 4 is 17.7 Å². The number of nitriles is 1. The van der Waals surface area contributed by atoms with Crippen LogP contribution in [0.5, 0.6) is 0 Å². The van der Waals surface area contributed by atoms with Gasteiger partial charge in [-0.25, -0.2) is 9.59 Å². The number of amides is 2. The number of nitrogens with one attached hydrogen (secondary N) is 2. The predicted octanol–water partition coefficient (Wildman–Crippen LogP) is 0.214. The van der Waals surface area contributed by atoms with Crippen LogP contribution in [0.1, 0.15) is 5.56 Å². The Morgan fingerprint density at radius 3 is 2.89 bits per heavy atom. The van der Waals surface area contributed by atoms with E-state index in [0.717, 1.165) is 7.11 Å². The molecule has 0 fully saturated rings. The lowest BCUT2D eigenvalue weighted by Gasteiger charge is -2.10. The summed E-state index contributed by atoms with van der Waals surface area (Å²) < 4.78 is 4.30. The summed E-state index contributed by atoms with van der Waals surface area (Å²) in [5.74, 6) is -0.827. The van der Waals surface area contributed by atoms with Gasteiger partial charge in [0.2, 0.25) is 0 Å². The Morgan fingerprint density at radius 1 is 1.53 bits per heavy atom. The molecule has 0 aliphatic rings. The second-order valence-corrected chi connectivity index (χ2v) is 3.57. The zero-order valence-corrected chi connectivity index (χ0v) is 10.2. The zero-order valence-electron chi connectivity index (χ0n) is 10.2. The first-order valence-corrected chi connectivity index (χ1v) is 5.37. The topological polar surface area (TPSA) is 111 Å². The molecule has 1 aromatic rings. The number of urea groups is 1. The van der Waals surface area contributed by atoms with Gasteiger partial charge in [0, 0.05) is 5.69 Å². The molecule has 3 N–H and O–H groups in total. The van der Waals surface area contributed by atoms with Gasteiger partial charge >= 0.3 is 12.0 Å². The molecule has 1 atom stereocenters. The van der Waals surface area contributed by atoms with Gasteiger partial charge in [-0.1, -0.05) is 6.07 Å². The van der Waals surface area contributed by atoms with Crippen molar-refractivity contribution in [3.8, 4) is 6.07 Å². The lowest BCUT2D eigenvalue weighted by atomic mass is 10.2. The number of hydrogen-bond acceptors (Lipinski definition) is 5. The highest BCUT2D eigenvalue weighted by molar-refractivity contribution is 5.89. The molecular weight excluding hydrogens is 250 g/mol. The van der Waals surface area contributed by atoms with Crippen molar-refractivity contribution in [3.05, 3.63) is 29.8 Å². The summed E-state index contributed by atoms with van der Waals surface area (Å²) in [5, 5.41) is 22.7. The number of carbonyl (C=O) groups is 2. The summed E-state index contributed by atoms with van der Waals surface area (Å²) in [6, 6.07) is 7.67. The van der Waals surface area contributed by atoms with Gasteiger partial charge in [0.15, 0.2) is 6.10 Å². The first-order valence-electron chi connectivity index (χ1n) is 5.37. The SMILES string of the molecule is COC(=O)C(O)CNC(=O)Nc1cccc(C#N)c1. The second-order valence-electron chi connectivity index (χ2n) is 3.57. The molecule has 1 rings (SSSR count). The average Bonchev–Trinajstić information content (AvgIpc) is 2.44. The number of aliphatic hydroxyl groups excluding tert-OH is 1. The van der Waals surface area contributed by atoms with E-state index >= 15 is 0 Å². The first-order chi connectivity index (χ1) is 9.06. The number of anilines is 1. The van der Waals surface area contributed by atoms with Crippen LogP contribution in [0.4, 0.5) is 10.5 Å². The van der Waals surface area contributed by atoms with Crippen LogP contribution in [0.15, 0.2) is 24.3 Å². The van der Waals surface area contributed by atoms with E-state index in [9.17, 15) is 14.7 Å². The number of hydrogen-bond donors (Lipinski definition) is 3. The Balaban J connectivity index is 2.47. The molecule has 7 nitrogen and oxygen atoms in total. The highest BCUT2D eigenvalue weighted by atomic mass is 16.5. The quantitative estimate of drug-likeness (QED) is 0.672. The van der Waals surface area contributed by atoms with Crippen molar-refractivity contribution in [2.24, 2.45) is 0 Å². The Labute approximate surface area is 109 Å². The maximum atomic E-state index is 11.5. The molecule has 1 aromatic carbocycles. The fourth-order valence-corrected chi connectivity index (χ4v) is 1.25. The zero-order chi connectivity index (χ0) is 14.3. The number of ether oxygens (including phenoxy) is 1. The fourth-order valence-electron chi connectivity index (χ4n) is 1.25. The van der Waals surface area contributed by atoms with Gasteiger partial charge in [-0.15, -0.1) is 0 Å². The van der Waals surface area contributed by atoms with Crippen LogP contribution in [-0.2, 0) is 9.53 Å². The third-order valence-corrected chi connectivity index (χ3v) is 2.18. The van der Waals surface area contributed by atoms with Crippen molar-refractivity contribution in [1.82, 2.24) is 5.32 Å². The molecule has 7 heteroatoms. The van der Waals surface area contributed by atoms with Crippen molar-refractivity contribution < 1.29 is 19.4 Å². The van der Waals surface area contributed by atoms with E-state index < -0.39 is 18.1 Å². The third kappa shape index (κ3) is 4.65. The molecule has 2 amide bonds. The van der Waals surface area contributed by atoms with Gasteiger partial charge < -0.3 is 20.5 Å². The van der Waals surface area contributed by atoms with Gasteiger partial charge in [0.1, 0.15) is 0 Å². The van der Waals surface area contributed by atoms with Crippen LogP contribution in [0.25, 0.3) is 0 Å². The lowest BCUT2D eigenvalue weighted by molar-refractivity contribution is -0.149. The van der Waals surface area contributed by atoms with Crippen molar-refractivity contribution in [1.29, 1.82) is 5.26 Å². The third-order valence-electron chi connectivity index (χ3n) is 2.18. The van der Waals surface area contributed by atoms with Crippen molar-refractivity contribution in [2.75, 3.05) is 19.0 Å². The van der Waals surface area contributed by atoms with Crippen LogP contribution < -0.4 is 10.6 Å². The molecule has 0 aliphatic heterocycles. The van der Waals surface area contributed by atoms with Gasteiger partial charge in [0.05, 0.1) is 25.3 Å². The van der Waals surface area contributed by atoms with E-state index in [2.05, 4.69) is 15.4 Å². The summed E-state index contributed by atoms with van der Waals surface area (Å²) in [6.07, 6.45) is -1.42. The fraction of sp³-hybridized carbons (Fsp3) is 0.250. The molecular formula is C12H13N3O4. The summed E-state index contributed by atoms with van der Waals surface area (Å²) in [6.45, 7) is -0.267. The number of nitrogens with zero attached hydrogens (tertiary/aromatic N) is 1. The normalized spacial score (nSPS) is 11.0. The van der Waals surface area contributed by atoms with Crippen LogP contribution in [0, 0.1) is 11.3 Å². The van der Waals surface area contributed by atoms with E-state index in [0.29, 0.717) is 11.3 Å². The van der Waals surface area contributed by atoms with Crippen LogP contribution in [-0.4, -0.2) is 36.9 Å². The molecule has 0 saturated heterocycles. The Hall–Kier alpha value is -2.59. The maximum absolute atomic E-state index is 11.5. The second kappa shape index (κ2) is 6.98. The highest BCUT2D eigenvalue weighted by Crippen LogP contribution is 2.09. The Bertz CT molecular complexity index is 510. The van der Waals surface area contributed by atoms with E-state index in [-0.39, 0.29) is 6.54 Å². The molecule has 100 valence electrons. The summed E-state index contributed by atoms with van der Waals surface area (Å²) >= 11 is 0. The summed E-state index contributed by atoms with van der Waals surface area (Å²) in [4.78, 5) is 22.3. The molecule has 0 bridgehead atoms. The number of esters is 1. The lowest BCUT2D eigenvalue weighted by Crippen LogP contribution is -2.39. The van der Waals surface area contributed by atoms with E-state index in [1.807, 2.05) is 6.07 Å². The number of rotatable bonds is 4. The number of methoxy groups -OCH3 is 1. The summed E-state index contributed by atoms with van der Waals surface area (Å²) in [5.41, 5.74) is 0.844. The number of carbonyl (C=O) groups excluding carboxylic acids is 2. The predicted molar refractivity (Wildman–Crippen MR) is 66.2 cm³/mol.